The van der Waals surface area contributed by atoms with E-state index in [2.05, 4.69) is 4.74 Å². The number of ketones is 1. The summed E-state index contributed by atoms with van der Waals surface area (Å²) >= 11 is 0. The maximum atomic E-state index is 9.63. The zero-order valence-electron chi connectivity index (χ0n) is 8.54. The van der Waals surface area contributed by atoms with Crippen LogP contribution in [0.3, 0.4) is 0 Å². The third-order valence-electron chi connectivity index (χ3n) is 0. The highest BCUT2D eigenvalue weighted by Gasteiger charge is 1.79. The molecular weight excluding hydrogens is 204 g/mol. The first-order valence-electron chi connectivity index (χ1n) is 3.17. The minimum Gasteiger partial charge on any atom is -0.388 e. The molecule has 0 heterocycles. The van der Waals surface area contributed by atoms with E-state index in [1.807, 2.05) is 0 Å². The van der Waals surface area contributed by atoms with Gasteiger partial charge in [0.05, 0.1) is 0 Å². The summed E-state index contributed by atoms with van der Waals surface area (Å²) in [7, 11) is 0.583. The monoisotopic (exact) mass is 230 g/mol. The Bertz CT molecular complexity index is 171. The minimum absolute atomic E-state index is 0. The molecule has 92 valence electrons. The molecule has 0 aromatic carbocycles. The molecule has 0 saturated heterocycles. The van der Waals surface area contributed by atoms with Gasteiger partial charge in [-0.3, -0.25) is 0 Å². The van der Waals surface area contributed by atoms with Crippen LogP contribution in [0.15, 0.2) is 0 Å². The van der Waals surface area contributed by atoms with Crippen LogP contribution in [-0.2, 0) is 19.4 Å². The summed E-state index contributed by atoms with van der Waals surface area (Å²) in [5.74, 6) is 0.167. The molecule has 0 fully saturated rings. The van der Waals surface area contributed by atoms with Gasteiger partial charge in [0.15, 0.2) is 0 Å². The highest BCUT2D eigenvalue weighted by atomic mass is 32.2. The fraction of sp³-hybridized carbons (Fsp3) is 0.889. The molecule has 0 aliphatic rings. The van der Waals surface area contributed by atoms with Crippen LogP contribution in [0.4, 0.5) is 0 Å². The summed E-state index contributed by atoms with van der Waals surface area (Å²) in [6.07, 6.45) is 2.32. The van der Waals surface area contributed by atoms with Gasteiger partial charge < -0.3 is 9.53 Å². The molecular formula is C9H26O4S. The van der Waals surface area contributed by atoms with Crippen LogP contribution in [0.1, 0.15) is 28.7 Å². The van der Waals surface area contributed by atoms with Crippen molar-refractivity contribution in [3.8, 4) is 0 Å². The Morgan fingerprint density at radius 2 is 1.00 bits per heavy atom. The van der Waals surface area contributed by atoms with Crippen molar-refractivity contribution < 1.29 is 17.9 Å². The number of Topliss-reactive ketones (excluding diaryl/α,β-unsaturated/α-hetero) is 1. The standard InChI is InChI=1S/C3H6O.C2H6O2S.C2H6O.2CH4/c1-3(2)4;1-5(2,3)4;1-3-2;;/h1-2H3;1-2H3;1-2H3;2*1H4. The Labute approximate surface area is 89.6 Å². The van der Waals surface area contributed by atoms with Gasteiger partial charge in [-0.2, -0.15) is 0 Å². The molecule has 0 aromatic heterocycles. The van der Waals surface area contributed by atoms with E-state index in [1.165, 1.54) is 13.8 Å². The Morgan fingerprint density at radius 1 is 1.00 bits per heavy atom. The van der Waals surface area contributed by atoms with E-state index < -0.39 is 9.84 Å². The second kappa shape index (κ2) is 18.4. The van der Waals surface area contributed by atoms with Gasteiger partial charge in [-0.15, -0.1) is 0 Å². The maximum absolute atomic E-state index is 9.63. The van der Waals surface area contributed by atoms with Gasteiger partial charge in [0.2, 0.25) is 0 Å². The summed E-state index contributed by atoms with van der Waals surface area (Å²) < 4.78 is 23.5. The van der Waals surface area contributed by atoms with Crippen LogP contribution >= 0.6 is 0 Å². The molecule has 0 rings (SSSR count). The normalized spacial score (nSPS) is 7.29. The van der Waals surface area contributed by atoms with Crippen molar-refractivity contribution in [1.29, 1.82) is 0 Å². The lowest BCUT2D eigenvalue weighted by Crippen LogP contribution is -1.86. The average molecular weight is 230 g/mol. The van der Waals surface area contributed by atoms with Crippen LogP contribution in [0.5, 0.6) is 0 Å². The lowest BCUT2D eigenvalue weighted by molar-refractivity contribution is -0.114. The maximum Gasteiger partial charge on any atom is 0.144 e. The first-order chi connectivity index (χ1) is 5.15. The number of hydrogen-bond donors (Lipinski definition) is 0. The predicted molar refractivity (Wildman–Crippen MR) is 63.5 cm³/mol. The minimum atomic E-state index is -2.67. The summed E-state index contributed by atoms with van der Waals surface area (Å²) in [5, 5.41) is 0. The van der Waals surface area contributed by atoms with E-state index in [0.29, 0.717) is 0 Å². The fourth-order valence-electron chi connectivity index (χ4n) is 0. The second-order valence-electron chi connectivity index (χ2n) is 2.46. The SMILES string of the molecule is C.C.CC(C)=O.COC.CS(C)(=O)=O. The van der Waals surface area contributed by atoms with Crippen molar-refractivity contribution in [1.82, 2.24) is 0 Å². The van der Waals surface area contributed by atoms with Crippen LogP contribution in [0.25, 0.3) is 0 Å². The molecule has 0 unspecified atom stereocenters. The molecule has 0 aliphatic carbocycles. The molecule has 0 aliphatic heterocycles. The molecule has 0 atom stereocenters. The van der Waals surface area contributed by atoms with Crippen molar-refractivity contribution in [2.45, 2.75) is 28.7 Å². The second-order valence-corrected chi connectivity index (χ2v) is 4.75. The van der Waals surface area contributed by atoms with Gasteiger partial charge in [0.25, 0.3) is 0 Å². The quantitative estimate of drug-likeness (QED) is 0.636. The first-order valence-corrected chi connectivity index (χ1v) is 5.47. The molecule has 4 nitrogen and oxygen atoms in total. The fourth-order valence-corrected chi connectivity index (χ4v) is 0. The highest BCUT2D eigenvalue weighted by molar-refractivity contribution is 7.89. The number of methoxy groups -OCH3 is 1. The molecule has 0 saturated carbocycles. The van der Waals surface area contributed by atoms with Gasteiger partial charge in [0.1, 0.15) is 15.6 Å². The van der Waals surface area contributed by atoms with E-state index in [4.69, 9.17) is 0 Å². The van der Waals surface area contributed by atoms with Crippen molar-refractivity contribution in [3.05, 3.63) is 0 Å². The van der Waals surface area contributed by atoms with Crippen LogP contribution in [-0.4, -0.2) is 40.9 Å². The summed E-state index contributed by atoms with van der Waals surface area (Å²) in [6, 6.07) is 0. The molecule has 0 aromatic rings. The molecule has 0 radical (unpaired) electrons. The third kappa shape index (κ3) is 7350. The number of carbonyl (C=O) groups is 1. The molecule has 0 amide bonds. The van der Waals surface area contributed by atoms with Gasteiger partial charge in [-0.25, -0.2) is 8.42 Å². The Balaban J connectivity index is -0.0000000278. The Hall–Kier alpha value is -0.420. The van der Waals surface area contributed by atoms with Gasteiger partial charge in [-0.05, 0) is 13.8 Å². The van der Waals surface area contributed by atoms with E-state index in [9.17, 15) is 13.2 Å². The molecule has 0 N–H and O–H groups in total. The predicted octanol–water partition coefficient (Wildman–Crippen LogP) is 1.79. The smallest absolute Gasteiger partial charge is 0.144 e. The first kappa shape index (κ1) is 29.2. The lowest BCUT2D eigenvalue weighted by Gasteiger charge is -1.69. The zero-order valence-corrected chi connectivity index (χ0v) is 9.36. The third-order valence-corrected chi connectivity index (χ3v) is 0. The number of hydrogen-bond acceptors (Lipinski definition) is 4. The number of rotatable bonds is 0. The van der Waals surface area contributed by atoms with E-state index in [0.717, 1.165) is 12.5 Å². The average Bonchev–Trinajstić information content (AvgIpc) is 1.56. The largest absolute Gasteiger partial charge is 0.388 e. The van der Waals surface area contributed by atoms with E-state index in [-0.39, 0.29) is 20.6 Å². The summed E-state index contributed by atoms with van der Waals surface area (Å²) in [4.78, 5) is 9.44. The van der Waals surface area contributed by atoms with E-state index in [1.54, 1.807) is 14.2 Å². The molecule has 14 heavy (non-hydrogen) atoms. The van der Waals surface area contributed by atoms with Crippen molar-refractivity contribution in [2.24, 2.45) is 0 Å². The highest BCUT2D eigenvalue weighted by Crippen LogP contribution is 1.61. The zero-order chi connectivity index (χ0) is 10.8. The van der Waals surface area contributed by atoms with Crippen LogP contribution in [0.2, 0.25) is 0 Å². The van der Waals surface area contributed by atoms with Crippen molar-refractivity contribution >= 4 is 15.6 Å². The Morgan fingerprint density at radius 3 is 1.00 bits per heavy atom. The topological polar surface area (TPSA) is 60.4 Å². The summed E-state index contributed by atoms with van der Waals surface area (Å²) in [6.45, 7) is 3.06. The summed E-state index contributed by atoms with van der Waals surface area (Å²) in [5.41, 5.74) is 0. The number of sulfone groups is 1. The molecule has 5 heteroatoms. The van der Waals surface area contributed by atoms with Crippen LogP contribution < -0.4 is 0 Å². The van der Waals surface area contributed by atoms with Gasteiger partial charge in [-0.1, -0.05) is 14.9 Å². The van der Waals surface area contributed by atoms with Gasteiger partial charge >= 0.3 is 0 Å². The number of carbonyl (C=O) groups excluding carboxylic acids is 1. The van der Waals surface area contributed by atoms with Crippen molar-refractivity contribution in [2.75, 3.05) is 26.7 Å². The van der Waals surface area contributed by atoms with Crippen molar-refractivity contribution in [3.63, 3.8) is 0 Å². The molecule has 0 bridgehead atoms. The van der Waals surface area contributed by atoms with Crippen LogP contribution in [0, 0.1) is 0 Å². The van der Waals surface area contributed by atoms with E-state index >= 15 is 0 Å². The van der Waals surface area contributed by atoms with Gasteiger partial charge in [0, 0.05) is 26.7 Å². The lowest BCUT2D eigenvalue weighted by atomic mass is 10.6. The Kier molecular flexibility index (Phi) is 38.3. The molecule has 0 spiro atoms. The number of ether oxygens (including phenoxy) is 1.